The minimum absolute atomic E-state index is 0.0393. The molecule has 1 aromatic rings. The highest BCUT2D eigenvalue weighted by Gasteiger charge is 2.24. The number of carbonyl (C=O) groups is 1. The van der Waals surface area contributed by atoms with Crippen LogP contribution >= 0.6 is 0 Å². The van der Waals surface area contributed by atoms with Crippen molar-refractivity contribution in [2.45, 2.75) is 45.1 Å². The molecule has 0 atom stereocenters. The van der Waals surface area contributed by atoms with E-state index in [1.807, 2.05) is 11.8 Å². The molecule has 122 valence electrons. The highest BCUT2D eigenvalue weighted by atomic mass is 19.1. The van der Waals surface area contributed by atoms with Gasteiger partial charge in [-0.1, -0.05) is 6.92 Å². The van der Waals surface area contributed by atoms with Gasteiger partial charge in [0.05, 0.1) is 0 Å². The molecule has 1 N–H and O–H groups in total. The lowest BCUT2D eigenvalue weighted by Gasteiger charge is -2.34. The number of carbonyl (C=O) groups excluding carboxylic acids is 1. The van der Waals surface area contributed by atoms with Crippen LogP contribution < -0.4 is 5.32 Å². The molecule has 0 spiro atoms. The quantitative estimate of drug-likeness (QED) is 0.876. The summed E-state index contributed by atoms with van der Waals surface area (Å²) in [4.78, 5) is 14.4. The van der Waals surface area contributed by atoms with Crippen molar-refractivity contribution in [2.75, 3.05) is 19.6 Å². The van der Waals surface area contributed by atoms with E-state index in [0.29, 0.717) is 0 Å². The van der Waals surface area contributed by atoms with Crippen LogP contribution in [0.2, 0.25) is 0 Å². The van der Waals surface area contributed by atoms with Crippen LogP contribution in [0.5, 0.6) is 0 Å². The van der Waals surface area contributed by atoms with Gasteiger partial charge in [-0.05, 0) is 62.5 Å². The van der Waals surface area contributed by atoms with Crippen LogP contribution in [-0.2, 0) is 11.2 Å². The average Bonchev–Trinajstić information content (AvgIpc) is 2.54. The van der Waals surface area contributed by atoms with E-state index in [1.165, 1.54) is 6.07 Å². The van der Waals surface area contributed by atoms with E-state index in [0.717, 1.165) is 51.0 Å². The number of halogens is 2. The Bertz CT molecular complexity index is 501. The van der Waals surface area contributed by atoms with Crippen molar-refractivity contribution in [3.8, 4) is 0 Å². The van der Waals surface area contributed by atoms with Crippen LogP contribution in [0.4, 0.5) is 8.78 Å². The smallest absolute Gasteiger partial charge is 0.223 e. The van der Waals surface area contributed by atoms with E-state index in [1.54, 1.807) is 0 Å². The molecule has 22 heavy (non-hydrogen) atoms. The van der Waals surface area contributed by atoms with Gasteiger partial charge in [0.1, 0.15) is 11.6 Å². The maximum atomic E-state index is 13.6. The van der Waals surface area contributed by atoms with Crippen molar-refractivity contribution in [2.24, 2.45) is 0 Å². The molecule has 0 unspecified atom stereocenters. The number of nitrogens with zero attached hydrogens (tertiary/aromatic N) is 1. The largest absolute Gasteiger partial charge is 0.340 e. The van der Waals surface area contributed by atoms with Crippen molar-refractivity contribution >= 4 is 5.91 Å². The number of hydrogen-bond acceptors (Lipinski definition) is 2. The second-order valence-electron chi connectivity index (χ2n) is 5.80. The van der Waals surface area contributed by atoms with Gasteiger partial charge in [-0.15, -0.1) is 0 Å². The highest BCUT2D eigenvalue weighted by Crippen LogP contribution is 2.17. The highest BCUT2D eigenvalue weighted by molar-refractivity contribution is 5.76. The van der Waals surface area contributed by atoms with E-state index < -0.39 is 11.6 Å². The Kier molecular flexibility index (Phi) is 6.31. The van der Waals surface area contributed by atoms with Crippen LogP contribution in [0.3, 0.4) is 0 Å². The minimum Gasteiger partial charge on any atom is -0.340 e. The zero-order chi connectivity index (χ0) is 15.9. The molecule has 1 saturated heterocycles. The predicted molar refractivity (Wildman–Crippen MR) is 82.6 cm³/mol. The molecule has 0 bridgehead atoms. The summed E-state index contributed by atoms with van der Waals surface area (Å²) in [6.07, 6.45) is 3.29. The predicted octanol–water partition coefficient (Wildman–Crippen LogP) is 2.89. The standard InChI is InChI=1S/C17H24F2N2O/c1-2-11-21(15-7-9-20-10-8-15)17(22)6-3-13-12-14(18)4-5-16(13)19/h4-5,12,15,20H,2-3,6-11H2,1H3. The zero-order valence-electron chi connectivity index (χ0n) is 13.1. The lowest BCUT2D eigenvalue weighted by atomic mass is 10.0. The molecule has 2 rings (SSSR count). The summed E-state index contributed by atoms with van der Waals surface area (Å²) in [5.74, 6) is -0.872. The lowest BCUT2D eigenvalue weighted by molar-refractivity contribution is -0.134. The van der Waals surface area contributed by atoms with Gasteiger partial charge < -0.3 is 10.2 Å². The average molecular weight is 310 g/mol. The molecule has 0 aromatic heterocycles. The fourth-order valence-corrected chi connectivity index (χ4v) is 2.99. The van der Waals surface area contributed by atoms with Crippen LogP contribution in [0.15, 0.2) is 18.2 Å². The normalized spacial score (nSPS) is 15.8. The number of nitrogens with one attached hydrogen (secondary N) is 1. The van der Waals surface area contributed by atoms with Crippen molar-refractivity contribution in [3.05, 3.63) is 35.4 Å². The molecule has 1 aromatic carbocycles. The number of piperidine rings is 1. The molecule has 0 aliphatic carbocycles. The maximum Gasteiger partial charge on any atom is 0.223 e. The van der Waals surface area contributed by atoms with Gasteiger partial charge >= 0.3 is 0 Å². The minimum atomic E-state index is -0.465. The molecule has 1 aliphatic heterocycles. The summed E-state index contributed by atoms with van der Waals surface area (Å²) in [7, 11) is 0. The summed E-state index contributed by atoms with van der Waals surface area (Å²) >= 11 is 0. The van der Waals surface area contributed by atoms with Crippen molar-refractivity contribution in [3.63, 3.8) is 0 Å². The summed E-state index contributed by atoms with van der Waals surface area (Å²) in [6.45, 7) is 4.64. The molecule has 1 amide bonds. The van der Waals surface area contributed by atoms with Gasteiger partial charge in [0.2, 0.25) is 5.91 Å². The van der Waals surface area contributed by atoms with Gasteiger partial charge in [0.15, 0.2) is 0 Å². The molecule has 0 radical (unpaired) electrons. The molecule has 0 saturated carbocycles. The monoisotopic (exact) mass is 310 g/mol. The van der Waals surface area contributed by atoms with E-state index in [2.05, 4.69) is 5.32 Å². The van der Waals surface area contributed by atoms with E-state index in [9.17, 15) is 13.6 Å². The summed E-state index contributed by atoms with van der Waals surface area (Å²) in [6, 6.07) is 3.66. The first-order valence-corrected chi connectivity index (χ1v) is 8.06. The second kappa shape index (κ2) is 8.22. The van der Waals surface area contributed by atoms with Gasteiger partial charge in [-0.25, -0.2) is 8.78 Å². The van der Waals surface area contributed by atoms with Crippen LogP contribution in [0, 0.1) is 11.6 Å². The third kappa shape index (κ3) is 4.50. The molecule has 5 heteroatoms. The SMILES string of the molecule is CCCN(C(=O)CCc1cc(F)ccc1F)C1CCNCC1. The maximum absolute atomic E-state index is 13.6. The van der Waals surface area contributed by atoms with E-state index >= 15 is 0 Å². The molecular formula is C17H24F2N2O. The van der Waals surface area contributed by atoms with Gasteiger partial charge in [0, 0.05) is 19.0 Å². The number of amides is 1. The van der Waals surface area contributed by atoms with Crippen molar-refractivity contribution in [1.29, 1.82) is 0 Å². The first kappa shape index (κ1) is 16.9. The summed E-state index contributed by atoms with van der Waals surface area (Å²) in [5.41, 5.74) is 0.273. The number of rotatable bonds is 6. The third-order valence-corrected chi connectivity index (χ3v) is 4.15. The Labute approximate surface area is 130 Å². The number of aryl methyl sites for hydroxylation is 1. The van der Waals surface area contributed by atoms with Crippen LogP contribution in [-0.4, -0.2) is 36.5 Å². The van der Waals surface area contributed by atoms with Gasteiger partial charge in [-0.3, -0.25) is 4.79 Å². The van der Waals surface area contributed by atoms with Crippen LogP contribution in [0.1, 0.15) is 38.2 Å². The second-order valence-corrected chi connectivity index (χ2v) is 5.80. The third-order valence-electron chi connectivity index (χ3n) is 4.15. The molecule has 1 fully saturated rings. The summed E-state index contributed by atoms with van der Waals surface area (Å²) < 4.78 is 26.8. The summed E-state index contributed by atoms with van der Waals surface area (Å²) in [5, 5.41) is 3.29. The topological polar surface area (TPSA) is 32.3 Å². The Morgan fingerprint density at radius 2 is 2.05 bits per heavy atom. The molecule has 3 nitrogen and oxygen atoms in total. The molecular weight excluding hydrogens is 286 g/mol. The Balaban J connectivity index is 1.96. The first-order valence-electron chi connectivity index (χ1n) is 8.06. The van der Waals surface area contributed by atoms with Gasteiger partial charge in [0.25, 0.3) is 0 Å². The fraction of sp³-hybridized carbons (Fsp3) is 0.588. The number of hydrogen-bond donors (Lipinski definition) is 1. The van der Waals surface area contributed by atoms with E-state index in [-0.39, 0.29) is 30.4 Å². The van der Waals surface area contributed by atoms with E-state index in [4.69, 9.17) is 0 Å². The Morgan fingerprint density at radius 3 is 2.73 bits per heavy atom. The zero-order valence-corrected chi connectivity index (χ0v) is 13.1. The first-order chi connectivity index (χ1) is 10.6. The lowest BCUT2D eigenvalue weighted by Crippen LogP contribution is -2.46. The Morgan fingerprint density at radius 1 is 1.32 bits per heavy atom. The van der Waals surface area contributed by atoms with Crippen molar-refractivity contribution in [1.82, 2.24) is 10.2 Å². The Hall–Kier alpha value is -1.49. The van der Waals surface area contributed by atoms with Crippen molar-refractivity contribution < 1.29 is 13.6 Å². The van der Waals surface area contributed by atoms with Crippen LogP contribution in [0.25, 0.3) is 0 Å². The fourth-order valence-electron chi connectivity index (χ4n) is 2.99. The van der Waals surface area contributed by atoms with Gasteiger partial charge in [-0.2, -0.15) is 0 Å². The number of benzene rings is 1. The molecule has 1 aliphatic rings. The molecule has 1 heterocycles.